The largest absolute Gasteiger partial charge is 0.323 e. The lowest BCUT2D eigenvalue weighted by Gasteiger charge is -2.25. The van der Waals surface area contributed by atoms with Crippen LogP contribution in [-0.2, 0) is 17.8 Å². The lowest BCUT2D eigenvalue weighted by Crippen LogP contribution is -3.12. The highest BCUT2D eigenvalue weighted by Crippen LogP contribution is 2.24. The predicted octanol–water partition coefficient (Wildman–Crippen LogP) is 2.70. The van der Waals surface area contributed by atoms with E-state index in [0.717, 1.165) is 41.5 Å². The van der Waals surface area contributed by atoms with E-state index in [-0.39, 0.29) is 5.91 Å². The molecule has 2 aromatic carbocycles. The van der Waals surface area contributed by atoms with E-state index < -0.39 is 0 Å². The van der Waals surface area contributed by atoms with Gasteiger partial charge in [0, 0.05) is 28.6 Å². The molecule has 2 N–H and O–H groups in total. The average molecular weight is 364 g/mol. The molecule has 0 bridgehead atoms. The third-order valence-electron chi connectivity index (χ3n) is 4.78. The van der Waals surface area contributed by atoms with Crippen molar-refractivity contribution >= 4 is 22.9 Å². The number of aryl methyl sites for hydroxylation is 1. The van der Waals surface area contributed by atoms with E-state index in [1.165, 1.54) is 16.0 Å². The Morgan fingerprint density at radius 2 is 2.04 bits per heavy atom. The first-order chi connectivity index (χ1) is 12.7. The van der Waals surface area contributed by atoms with Gasteiger partial charge in [-0.15, -0.1) is 11.3 Å². The first-order valence-corrected chi connectivity index (χ1v) is 9.78. The third-order valence-corrected chi connectivity index (χ3v) is 5.55. The molecule has 0 fully saturated rings. The molecular formula is C21H22N3OS+. The number of hydrogen-bond acceptors (Lipinski definition) is 3. The molecule has 0 spiro atoms. The van der Waals surface area contributed by atoms with Crippen LogP contribution in [0.4, 0.5) is 5.69 Å². The number of hydrogen-bond donors (Lipinski definition) is 2. The minimum Gasteiger partial charge on any atom is -0.323 e. The van der Waals surface area contributed by atoms with Gasteiger partial charge in [-0.05, 0) is 24.6 Å². The summed E-state index contributed by atoms with van der Waals surface area (Å²) in [6.45, 7) is 4.41. The zero-order chi connectivity index (χ0) is 17.9. The molecule has 4 nitrogen and oxygen atoms in total. The summed E-state index contributed by atoms with van der Waals surface area (Å²) < 4.78 is 0. The lowest BCUT2D eigenvalue weighted by atomic mass is 10.00. The molecule has 1 amide bonds. The van der Waals surface area contributed by atoms with Gasteiger partial charge >= 0.3 is 0 Å². The SMILES string of the molecule is Cc1nc(-c2cccc(NC(=O)C[NH+]3CCc4ccccc4C3)c2)cs1. The number of quaternary nitrogens is 1. The van der Waals surface area contributed by atoms with Crippen molar-refractivity contribution in [2.75, 3.05) is 18.4 Å². The topological polar surface area (TPSA) is 46.4 Å². The molecule has 1 aliphatic heterocycles. The summed E-state index contributed by atoms with van der Waals surface area (Å²) in [5.74, 6) is 0.0611. The predicted molar refractivity (Wildman–Crippen MR) is 105 cm³/mol. The van der Waals surface area contributed by atoms with Crippen LogP contribution in [0.2, 0.25) is 0 Å². The van der Waals surface area contributed by atoms with Gasteiger partial charge in [-0.1, -0.05) is 36.4 Å². The number of benzene rings is 2. The van der Waals surface area contributed by atoms with Crippen molar-refractivity contribution < 1.29 is 9.69 Å². The van der Waals surface area contributed by atoms with E-state index in [1.807, 2.05) is 36.6 Å². The molecule has 0 radical (unpaired) electrons. The van der Waals surface area contributed by atoms with Gasteiger partial charge in [0.2, 0.25) is 0 Å². The van der Waals surface area contributed by atoms with Gasteiger partial charge in [0.25, 0.3) is 5.91 Å². The second-order valence-electron chi connectivity index (χ2n) is 6.75. The lowest BCUT2D eigenvalue weighted by molar-refractivity contribution is -0.907. The Morgan fingerprint density at radius 1 is 1.19 bits per heavy atom. The highest BCUT2D eigenvalue weighted by atomic mass is 32.1. The van der Waals surface area contributed by atoms with Crippen LogP contribution in [0, 0.1) is 6.92 Å². The minimum atomic E-state index is 0.0611. The van der Waals surface area contributed by atoms with Crippen LogP contribution >= 0.6 is 11.3 Å². The van der Waals surface area contributed by atoms with Crippen LogP contribution < -0.4 is 10.2 Å². The van der Waals surface area contributed by atoms with Gasteiger partial charge in [-0.2, -0.15) is 0 Å². The zero-order valence-electron chi connectivity index (χ0n) is 14.8. The number of carbonyl (C=O) groups excluding carboxylic acids is 1. The molecule has 0 saturated heterocycles. The molecular weight excluding hydrogens is 342 g/mol. The van der Waals surface area contributed by atoms with Crippen molar-refractivity contribution in [2.45, 2.75) is 19.9 Å². The van der Waals surface area contributed by atoms with Crippen molar-refractivity contribution in [3.63, 3.8) is 0 Å². The van der Waals surface area contributed by atoms with Gasteiger partial charge in [-0.25, -0.2) is 4.98 Å². The molecule has 1 atom stereocenters. The van der Waals surface area contributed by atoms with Crippen LogP contribution in [-0.4, -0.2) is 24.0 Å². The van der Waals surface area contributed by atoms with Gasteiger partial charge < -0.3 is 10.2 Å². The van der Waals surface area contributed by atoms with E-state index in [1.54, 1.807) is 11.3 Å². The number of aromatic nitrogens is 1. The Bertz CT molecular complexity index is 934. The Hall–Kier alpha value is -2.50. The Kier molecular flexibility index (Phi) is 4.82. The molecule has 0 aliphatic carbocycles. The molecule has 26 heavy (non-hydrogen) atoms. The molecule has 5 heteroatoms. The van der Waals surface area contributed by atoms with Crippen molar-refractivity contribution in [1.82, 2.24) is 4.98 Å². The number of nitrogens with zero attached hydrogens (tertiary/aromatic N) is 1. The quantitative estimate of drug-likeness (QED) is 0.748. The number of rotatable bonds is 4. The first kappa shape index (κ1) is 16.9. The monoisotopic (exact) mass is 364 g/mol. The summed E-state index contributed by atoms with van der Waals surface area (Å²) in [7, 11) is 0. The molecule has 3 aromatic rings. The molecule has 1 aromatic heterocycles. The van der Waals surface area contributed by atoms with E-state index in [4.69, 9.17) is 0 Å². The fourth-order valence-corrected chi connectivity index (χ4v) is 4.10. The molecule has 0 saturated carbocycles. The molecule has 1 unspecified atom stereocenters. The highest BCUT2D eigenvalue weighted by Gasteiger charge is 2.21. The second kappa shape index (κ2) is 7.40. The van der Waals surface area contributed by atoms with Crippen LogP contribution in [0.3, 0.4) is 0 Å². The van der Waals surface area contributed by atoms with Crippen LogP contribution in [0.15, 0.2) is 53.9 Å². The summed E-state index contributed by atoms with van der Waals surface area (Å²) in [4.78, 5) is 18.3. The van der Waals surface area contributed by atoms with Gasteiger partial charge in [0.15, 0.2) is 6.54 Å². The molecule has 1 aliphatic rings. The average Bonchev–Trinajstić information content (AvgIpc) is 3.08. The van der Waals surface area contributed by atoms with E-state index in [2.05, 4.69) is 34.6 Å². The summed E-state index contributed by atoms with van der Waals surface area (Å²) in [6.07, 6.45) is 1.04. The zero-order valence-corrected chi connectivity index (χ0v) is 15.6. The van der Waals surface area contributed by atoms with Gasteiger partial charge in [-0.3, -0.25) is 4.79 Å². The maximum atomic E-state index is 12.5. The number of anilines is 1. The number of thiazole rings is 1. The number of fused-ring (bicyclic) bond motifs is 1. The van der Waals surface area contributed by atoms with Crippen LogP contribution in [0.1, 0.15) is 16.1 Å². The summed E-state index contributed by atoms with van der Waals surface area (Å²) in [5.41, 5.74) is 5.61. The van der Waals surface area contributed by atoms with E-state index in [9.17, 15) is 4.79 Å². The summed E-state index contributed by atoms with van der Waals surface area (Å²) in [5, 5.41) is 6.14. The Balaban J connectivity index is 1.40. The van der Waals surface area contributed by atoms with E-state index in [0.29, 0.717) is 6.54 Å². The normalized spacial score (nSPS) is 16.1. The standard InChI is InChI=1S/C21H21N3OS/c1-15-22-20(14-26-15)17-7-4-8-19(11-17)23-21(25)13-24-10-9-16-5-2-3-6-18(16)12-24/h2-8,11,14H,9-10,12-13H2,1H3,(H,23,25)/p+1. The second-order valence-corrected chi connectivity index (χ2v) is 7.82. The molecule has 2 heterocycles. The number of amides is 1. The van der Waals surface area contributed by atoms with Crippen molar-refractivity contribution in [1.29, 1.82) is 0 Å². The van der Waals surface area contributed by atoms with Gasteiger partial charge in [0.1, 0.15) is 6.54 Å². The highest BCUT2D eigenvalue weighted by molar-refractivity contribution is 7.09. The summed E-state index contributed by atoms with van der Waals surface area (Å²) in [6, 6.07) is 16.4. The number of nitrogens with one attached hydrogen (secondary N) is 2. The van der Waals surface area contributed by atoms with Crippen molar-refractivity contribution in [3.8, 4) is 11.3 Å². The Morgan fingerprint density at radius 3 is 2.85 bits per heavy atom. The first-order valence-electron chi connectivity index (χ1n) is 8.90. The van der Waals surface area contributed by atoms with Crippen molar-refractivity contribution in [3.05, 3.63) is 70.0 Å². The third kappa shape index (κ3) is 3.84. The molecule has 4 rings (SSSR count). The Labute approximate surface area is 157 Å². The number of carbonyl (C=O) groups is 1. The fraction of sp³-hybridized carbons (Fsp3) is 0.238. The molecule has 132 valence electrons. The van der Waals surface area contributed by atoms with Crippen LogP contribution in [0.5, 0.6) is 0 Å². The fourth-order valence-electron chi connectivity index (χ4n) is 3.48. The van der Waals surface area contributed by atoms with Crippen molar-refractivity contribution in [2.24, 2.45) is 0 Å². The van der Waals surface area contributed by atoms with Gasteiger partial charge in [0.05, 0.1) is 17.2 Å². The minimum absolute atomic E-state index is 0.0611. The summed E-state index contributed by atoms with van der Waals surface area (Å²) >= 11 is 1.63. The smallest absolute Gasteiger partial charge is 0.279 e. The maximum absolute atomic E-state index is 12.5. The van der Waals surface area contributed by atoms with E-state index >= 15 is 0 Å². The maximum Gasteiger partial charge on any atom is 0.279 e. The van der Waals surface area contributed by atoms with Crippen LogP contribution in [0.25, 0.3) is 11.3 Å².